The van der Waals surface area contributed by atoms with Gasteiger partial charge in [0.05, 0.1) is 28.8 Å². The molecule has 1 aliphatic heterocycles. The van der Waals surface area contributed by atoms with Crippen LogP contribution in [-0.2, 0) is 0 Å². The minimum atomic E-state index is -0.502. The second kappa shape index (κ2) is 7.55. The fourth-order valence-electron chi connectivity index (χ4n) is 2.87. The average Bonchev–Trinajstić information content (AvgIpc) is 3.49. The topological polar surface area (TPSA) is 103 Å². The predicted octanol–water partition coefficient (Wildman–Crippen LogP) is 4.24. The molecule has 1 heterocycles. The number of fused-ring (bicyclic) bond motifs is 1. The molecule has 2 aliphatic rings. The van der Waals surface area contributed by atoms with Gasteiger partial charge in [0.2, 0.25) is 0 Å². The third kappa shape index (κ3) is 3.96. The molecule has 0 atom stereocenters. The maximum absolute atomic E-state index is 12.6. The van der Waals surface area contributed by atoms with Gasteiger partial charge in [-0.2, -0.15) is 0 Å². The molecule has 0 radical (unpaired) electrons. The highest BCUT2D eigenvalue weighted by atomic mass is 35.5. The Morgan fingerprint density at radius 1 is 1.11 bits per heavy atom. The molecule has 2 N–H and O–H groups in total. The van der Waals surface area contributed by atoms with Gasteiger partial charge in [0.1, 0.15) is 5.69 Å². The molecule has 8 nitrogen and oxygen atoms in total. The first-order valence-corrected chi connectivity index (χ1v) is 9.34. The molecule has 4 rings (SSSR count). The molecule has 0 saturated heterocycles. The Morgan fingerprint density at radius 2 is 1.82 bits per heavy atom. The summed E-state index contributed by atoms with van der Waals surface area (Å²) < 4.78 is 11.2. The third-order valence-corrected chi connectivity index (χ3v) is 4.79. The molecule has 2 aromatic rings. The number of hydrogen-bond acceptors (Lipinski definition) is 6. The molecule has 0 spiro atoms. The van der Waals surface area contributed by atoms with Gasteiger partial charge in [0.25, 0.3) is 11.6 Å². The first-order chi connectivity index (χ1) is 13.5. The van der Waals surface area contributed by atoms with Gasteiger partial charge in [-0.1, -0.05) is 11.6 Å². The van der Waals surface area contributed by atoms with Crippen molar-refractivity contribution in [3.05, 3.63) is 51.0 Å². The monoisotopic (exact) mass is 403 g/mol. The zero-order valence-electron chi connectivity index (χ0n) is 14.9. The molecule has 146 valence electrons. The summed E-state index contributed by atoms with van der Waals surface area (Å²) in [5.74, 6) is 0.510. The molecule has 1 fully saturated rings. The van der Waals surface area contributed by atoms with E-state index in [1.807, 2.05) is 0 Å². The number of hydrogen-bond donors (Lipinski definition) is 2. The highest BCUT2D eigenvalue weighted by molar-refractivity contribution is 6.34. The molecule has 1 aliphatic carbocycles. The molecular formula is C19H18ClN3O5. The van der Waals surface area contributed by atoms with Crippen LogP contribution >= 0.6 is 11.6 Å². The van der Waals surface area contributed by atoms with Crippen molar-refractivity contribution < 1.29 is 19.2 Å². The number of nitro groups is 1. The summed E-state index contributed by atoms with van der Waals surface area (Å²) in [5, 5.41) is 17.5. The van der Waals surface area contributed by atoms with Gasteiger partial charge in [-0.05, 0) is 25.0 Å². The van der Waals surface area contributed by atoms with Gasteiger partial charge in [-0.25, -0.2) is 0 Å². The molecular weight excluding hydrogens is 386 g/mol. The molecule has 1 saturated carbocycles. The molecule has 9 heteroatoms. The van der Waals surface area contributed by atoms with Crippen LogP contribution in [0.5, 0.6) is 11.5 Å². The van der Waals surface area contributed by atoms with Crippen molar-refractivity contribution in [1.29, 1.82) is 0 Å². The van der Waals surface area contributed by atoms with E-state index in [4.69, 9.17) is 21.1 Å². The Bertz CT molecular complexity index is 945. The van der Waals surface area contributed by atoms with Crippen molar-refractivity contribution in [1.82, 2.24) is 0 Å². The Labute approximate surface area is 165 Å². The second-order valence-electron chi connectivity index (χ2n) is 6.69. The normalized spacial score (nSPS) is 15.5. The molecule has 1 amide bonds. The lowest BCUT2D eigenvalue weighted by molar-refractivity contribution is -0.384. The number of carbonyl (C=O) groups excluding carboxylic acids is 1. The number of rotatable bonds is 5. The van der Waals surface area contributed by atoms with Crippen LogP contribution in [0.15, 0.2) is 30.3 Å². The van der Waals surface area contributed by atoms with E-state index in [0.29, 0.717) is 41.1 Å². The van der Waals surface area contributed by atoms with Crippen LogP contribution in [0.2, 0.25) is 5.02 Å². The quantitative estimate of drug-likeness (QED) is 0.571. The van der Waals surface area contributed by atoms with Gasteiger partial charge in [-0.15, -0.1) is 0 Å². The average molecular weight is 404 g/mol. The van der Waals surface area contributed by atoms with Crippen LogP contribution in [0.1, 0.15) is 29.6 Å². The largest absolute Gasteiger partial charge is 0.490 e. The number of nitrogens with zero attached hydrogens (tertiary/aromatic N) is 1. The Hall–Kier alpha value is -3.00. The van der Waals surface area contributed by atoms with Gasteiger partial charge in [0.15, 0.2) is 11.5 Å². The summed E-state index contributed by atoms with van der Waals surface area (Å²) in [6.07, 6.45) is 2.73. The lowest BCUT2D eigenvalue weighted by Gasteiger charge is -2.13. The van der Waals surface area contributed by atoms with Crippen molar-refractivity contribution in [2.45, 2.75) is 25.3 Å². The number of nitro benzene ring substituents is 1. The summed E-state index contributed by atoms with van der Waals surface area (Å²) in [4.78, 5) is 23.5. The van der Waals surface area contributed by atoms with Crippen LogP contribution in [0.3, 0.4) is 0 Å². The van der Waals surface area contributed by atoms with E-state index in [-0.39, 0.29) is 17.3 Å². The number of benzene rings is 2. The first kappa shape index (κ1) is 18.4. The van der Waals surface area contributed by atoms with E-state index in [1.54, 1.807) is 24.3 Å². The van der Waals surface area contributed by atoms with E-state index < -0.39 is 10.8 Å². The molecule has 0 aromatic heterocycles. The predicted molar refractivity (Wildman–Crippen MR) is 105 cm³/mol. The summed E-state index contributed by atoms with van der Waals surface area (Å²) in [7, 11) is 0. The van der Waals surface area contributed by atoms with Crippen molar-refractivity contribution in [2.75, 3.05) is 23.8 Å². The zero-order chi connectivity index (χ0) is 19.7. The summed E-state index contributed by atoms with van der Waals surface area (Å²) in [6, 6.07) is 7.81. The Morgan fingerprint density at radius 3 is 2.50 bits per heavy atom. The van der Waals surface area contributed by atoms with E-state index in [1.165, 1.54) is 6.07 Å². The van der Waals surface area contributed by atoms with Crippen LogP contribution < -0.4 is 20.1 Å². The lowest BCUT2D eigenvalue weighted by Crippen LogP contribution is -2.13. The van der Waals surface area contributed by atoms with E-state index in [2.05, 4.69) is 10.6 Å². The summed E-state index contributed by atoms with van der Waals surface area (Å²) in [5.41, 5.74) is 0.789. The number of amides is 1. The van der Waals surface area contributed by atoms with Crippen molar-refractivity contribution in [3.63, 3.8) is 0 Å². The molecule has 0 unspecified atom stereocenters. The SMILES string of the molecule is O=C(Nc1cc2c(cc1Cl)OCCCO2)c1ccc(NC2CC2)c([N+](=O)[O-])c1. The third-order valence-electron chi connectivity index (χ3n) is 4.48. The van der Waals surface area contributed by atoms with Gasteiger partial charge < -0.3 is 20.1 Å². The first-order valence-electron chi connectivity index (χ1n) is 8.97. The second-order valence-corrected chi connectivity index (χ2v) is 7.10. The maximum atomic E-state index is 12.6. The van der Waals surface area contributed by atoms with Crippen molar-refractivity contribution in [3.8, 4) is 11.5 Å². The number of ether oxygens (including phenoxy) is 2. The number of nitrogens with one attached hydrogen (secondary N) is 2. The molecule has 28 heavy (non-hydrogen) atoms. The van der Waals surface area contributed by atoms with Crippen LogP contribution in [0.4, 0.5) is 17.1 Å². The Balaban J connectivity index is 1.57. The highest BCUT2D eigenvalue weighted by Crippen LogP contribution is 2.38. The lowest BCUT2D eigenvalue weighted by atomic mass is 10.1. The van der Waals surface area contributed by atoms with E-state index >= 15 is 0 Å². The smallest absolute Gasteiger partial charge is 0.293 e. The minimum absolute atomic E-state index is 0.135. The molecule has 0 bridgehead atoms. The van der Waals surface area contributed by atoms with Crippen LogP contribution in [0, 0.1) is 10.1 Å². The zero-order valence-corrected chi connectivity index (χ0v) is 15.6. The van der Waals surface area contributed by atoms with Gasteiger partial charge >= 0.3 is 0 Å². The van der Waals surface area contributed by atoms with E-state index in [9.17, 15) is 14.9 Å². The fraction of sp³-hybridized carbons (Fsp3) is 0.316. The number of halogens is 1. The summed E-state index contributed by atoms with van der Waals surface area (Å²) in [6.45, 7) is 1.03. The maximum Gasteiger partial charge on any atom is 0.293 e. The van der Waals surface area contributed by atoms with Crippen LogP contribution in [-0.4, -0.2) is 30.1 Å². The highest BCUT2D eigenvalue weighted by Gasteiger charge is 2.26. The Kier molecular flexibility index (Phi) is 4.95. The summed E-state index contributed by atoms with van der Waals surface area (Å²) >= 11 is 6.25. The fourth-order valence-corrected chi connectivity index (χ4v) is 3.07. The number of carbonyl (C=O) groups is 1. The molecule has 2 aromatic carbocycles. The minimum Gasteiger partial charge on any atom is -0.490 e. The van der Waals surface area contributed by atoms with Gasteiger partial charge in [-0.3, -0.25) is 14.9 Å². The number of anilines is 2. The van der Waals surface area contributed by atoms with Gasteiger partial charge in [0, 0.05) is 36.2 Å². The van der Waals surface area contributed by atoms with Crippen molar-refractivity contribution >= 4 is 34.6 Å². The van der Waals surface area contributed by atoms with Crippen LogP contribution in [0.25, 0.3) is 0 Å². The van der Waals surface area contributed by atoms with E-state index in [0.717, 1.165) is 19.3 Å². The van der Waals surface area contributed by atoms with Crippen molar-refractivity contribution in [2.24, 2.45) is 0 Å². The standard InChI is InChI=1S/C19H18ClN3O5/c20-13-9-17-18(28-7-1-6-27-17)10-15(13)22-19(24)11-2-5-14(21-12-3-4-12)16(8-11)23(25)26/h2,5,8-10,12,21H,1,3-4,6-7H2,(H,22,24).